The number of hydrogen-bond donors (Lipinski definition) is 1. The molecular weight excluding hydrogens is 260 g/mol. The van der Waals surface area contributed by atoms with Gasteiger partial charge in [-0.25, -0.2) is 0 Å². The van der Waals surface area contributed by atoms with E-state index in [1.807, 2.05) is 6.07 Å². The Hall–Kier alpha value is -1.22. The number of halogens is 1. The molecule has 1 aliphatic carbocycles. The Kier molecular flexibility index (Phi) is 4.70. The van der Waals surface area contributed by atoms with Crippen LogP contribution in [0.4, 0.5) is 5.69 Å². The van der Waals surface area contributed by atoms with Crippen molar-refractivity contribution in [1.29, 1.82) is 0 Å². The first-order valence-electron chi connectivity index (χ1n) is 6.85. The molecule has 0 radical (unpaired) electrons. The van der Waals surface area contributed by atoms with Crippen LogP contribution in [0.25, 0.3) is 0 Å². The lowest BCUT2D eigenvalue weighted by Gasteiger charge is -2.24. The van der Waals surface area contributed by atoms with Crippen LogP contribution in [0.5, 0.6) is 0 Å². The molecule has 4 heteroatoms. The highest BCUT2D eigenvalue weighted by Gasteiger charge is 2.16. The molecule has 0 heterocycles. The molecular formula is C15H21ClN2O. The number of carbonyl (C=O) groups excluding carboxylic acids is 1. The van der Waals surface area contributed by atoms with Gasteiger partial charge in [-0.3, -0.25) is 4.79 Å². The second-order valence-electron chi connectivity index (χ2n) is 5.37. The summed E-state index contributed by atoms with van der Waals surface area (Å²) in [5.41, 5.74) is 1.55. The maximum atomic E-state index is 12.0. The Bertz CT molecular complexity index is 453. The zero-order valence-corrected chi connectivity index (χ0v) is 12.3. The fraction of sp³-hybridized carbons (Fsp3) is 0.533. The van der Waals surface area contributed by atoms with Gasteiger partial charge in [0.1, 0.15) is 0 Å². The molecule has 1 fully saturated rings. The van der Waals surface area contributed by atoms with Crippen LogP contribution in [-0.2, 0) is 0 Å². The Labute approximate surface area is 119 Å². The summed E-state index contributed by atoms with van der Waals surface area (Å²) in [5, 5.41) is 4.16. The van der Waals surface area contributed by atoms with Crippen molar-refractivity contribution in [2.45, 2.75) is 38.1 Å². The minimum Gasteiger partial charge on any atom is -0.381 e. The standard InChI is InChI=1S/C15H21ClN2O/c1-18(2)15(19)11-8-9-13(16)14(10-11)17-12-6-4-3-5-7-12/h8-10,12,17H,3-7H2,1-2H3. The predicted octanol–water partition coefficient (Wildman–Crippen LogP) is 3.79. The molecule has 0 aromatic heterocycles. The smallest absolute Gasteiger partial charge is 0.253 e. The van der Waals surface area contributed by atoms with Gasteiger partial charge in [0.15, 0.2) is 0 Å². The third-order valence-electron chi connectivity index (χ3n) is 3.58. The fourth-order valence-corrected chi connectivity index (χ4v) is 2.67. The van der Waals surface area contributed by atoms with Crippen LogP contribution in [-0.4, -0.2) is 30.9 Å². The highest BCUT2D eigenvalue weighted by atomic mass is 35.5. The first-order chi connectivity index (χ1) is 9.08. The van der Waals surface area contributed by atoms with Crippen molar-refractivity contribution in [3.63, 3.8) is 0 Å². The number of nitrogens with zero attached hydrogens (tertiary/aromatic N) is 1. The van der Waals surface area contributed by atoms with Crippen molar-refractivity contribution in [2.75, 3.05) is 19.4 Å². The molecule has 0 bridgehead atoms. The predicted molar refractivity (Wildman–Crippen MR) is 80.0 cm³/mol. The van der Waals surface area contributed by atoms with Crippen molar-refractivity contribution < 1.29 is 4.79 Å². The van der Waals surface area contributed by atoms with E-state index in [1.165, 1.54) is 32.1 Å². The SMILES string of the molecule is CN(C)C(=O)c1ccc(Cl)c(NC2CCCCC2)c1. The summed E-state index contributed by atoms with van der Waals surface area (Å²) >= 11 is 6.21. The largest absolute Gasteiger partial charge is 0.381 e. The summed E-state index contributed by atoms with van der Waals surface area (Å²) < 4.78 is 0. The molecule has 0 unspecified atom stereocenters. The maximum Gasteiger partial charge on any atom is 0.253 e. The highest BCUT2D eigenvalue weighted by Crippen LogP contribution is 2.27. The van der Waals surface area contributed by atoms with Gasteiger partial charge in [0.05, 0.1) is 10.7 Å². The lowest BCUT2D eigenvalue weighted by atomic mass is 9.95. The van der Waals surface area contributed by atoms with Crippen LogP contribution in [0.1, 0.15) is 42.5 Å². The number of benzene rings is 1. The summed E-state index contributed by atoms with van der Waals surface area (Å²) in [7, 11) is 3.51. The van der Waals surface area contributed by atoms with Crippen LogP contribution < -0.4 is 5.32 Å². The van der Waals surface area contributed by atoms with Gasteiger partial charge >= 0.3 is 0 Å². The Morgan fingerprint density at radius 3 is 2.58 bits per heavy atom. The quantitative estimate of drug-likeness (QED) is 0.914. The van der Waals surface area contributed by atoms with E-state index >= 15 is 0 Å². The van der Waals surface area contributed by atoms with Crippen molar-refractivity contribution in [3.8, 4) is 0 Å². The van der Waals surface area contributed by atoms with Gasteiger partial charge in [0.25, 0.3) is 5.91 Å². The zero-order chi connectivity index (χ0) is 13.8. The van der Waals surface area contributed by atoms with Crippen molar-refractivity contribution >= 4 is 23.2 Å². The van der Waals surface area contributed by atoms with Crippen LogP contribution in [0.15, 0.2) is 18.2 Å². The van der Waals surface area contributed by atoms with E-state index in [0.717, 1.165) is 5.69 Å². The van der Waals surface area contributed by atoms with Crippen LogP contribution in [0, 0.1) is 0 Å². The molecule has 0 spiro atoms. The van der Waals surface area contributed by atoms with Crippen LogP contribution in [0.2, 0.25) is 5.02 Å². The number of amides is 1. The Morgan fingerprint density at radius 2 is 1.95 bits per heavy atom. The topological polar surface area (TPSA) is 32.3 Å². The third kappa shape index (κ3) is 3.63. The molecule has 1 saturated carbocycles. The number of rotatable bonds is 3. The van der Waals surface area contributed by atoms with Crippen LogP contribution in [0.3, 0.4) is 0 Å². The molecule has 1 aromatic carbocycles. The van der Waals surface area contributed by atoms with E-state index in [4.69, 9.17) is 11.6 Å². The van der Waals surface area contributed by atoms with Crippen molar-refractivity contribution in [2.24, 2.45) is 0 Å². The Morgan fingerprint density at radius 1 is 1.26 bits per heavy atom. The molecule has 19 heavy (non-hydrogen) atoms. The molecule has 1 aromatic rings. The molecule has 0 atom stereocenters. The highest BCUT2D eigenvalue weighted by molar-refractivity contribution is 6.33. The molecule has 1 aliphatic rings. The second-order valence-corrected chi connectivity index (χ2v) is 5.78. The normalized spacial score (nSPS) is 16.2. The van der Waals surface area contributed by atoms with Crippen LogP contribution >= 0.6 is 11.6 Å². The molecule has 3 nitrogen and oxygen atoms in total. The summed E-state index contributed by atoms with van der Waals surface area (Å²) in [6.45, 7) is 0. The molecule has 2 rings (SSSR count). The zero-order valence-electron chi connectivity index (χ0n) is 11.6. The minimum atomic E-state index is 0.00311. The summed E-state index contributed by atoms with van der Waals surface area (Å²) in [6, 6.07) is 5.91. The van der Waals surface area contributed by atoms with Gasteiger partial charge in [0, 0.05) is 25.7 Å². The van der Waals surface area contributed by atoms with Crippen molar-refractivity contribution in [1.82, 2.24) is 4.90 Å². The van der Waals surface area contributed by atoms with Gasteiger partial charge in [-0.15, -0.1) is 0 Å². The molecule has 104 valence electrons. The first kappa shape index (κ1) is 14.2. The van der Waals surface area contributed by atoms with Gasteiger partial charge in [-0.1, -0.05) is 30.9 Å². The summed E-state index contributed by atoms with van der Waals surface area (Å²) in [5.74, 6) is 0.00311. The van der Waals surface area contributed by atoms with Crippen molar-refractivity contribution in [3.05, 3.63) is 28.8 Å². The lowest BCUT2D eigenvalue weighted by molar-refractivity contribution is 0.0827. The second kappa shape index (κ2) is 6.29. The summed E-state index contributed by atoms with van der Waals surface area (Å²) in [4.78, 5) is 13.5. The minimum absolute atomic E-state index is 0.00311. The van der Waals surface area contributed by atoms with Gasteiger partial charge in [0.2, 0.25) is 0 Å². The average molecular weight is 281 g/mol. The lowest BCUT2D eigenvalue weighted by Crippen LogP contribution is -2.24. The third-order valence-corrected chi connectivity index (χ3v) is 3.91. The number of anilines is 1. The monoisotopic (exact) mass is 280 g/mol. The number of nitrogens with one attached hydrogen (secondary N) is 1. The van der Waals surface area contributed by atoms with E-state index in [9.17, 15) is 4.79 Å². The fourth-order valence-electron chi connectivity index (χ4n) is 2.49. The first-order valence-corrected chi connectivity index (χ1v) is 7.23. The number of hydrogen-bond acceptors (Lipinski definition) is 2. The van der Waals surface area contributed by atoms with E-state index in [1.54, 1.807) is 31.1 Å². The maximum absolute atomic E-state index is 12.0. The van der Waals surface area contributed by atoms with E-state index < -0.39 is 0 Å². The Balaban J connectivity index is 2.14. The van der Waals surface area contributed by atoms with E-state index in [0.29, 0.717) is 16.6 Å². The molecule has 1 N–H and O–H groups in total. The molecule has 0 saturated heterocycles. The van der Waals surface area contributed by atoms with Gasteiger partial charge in [-0.05, 0) is 31.0 Å². The van der Waals surface area contributed by atoms with Gasteiger partial charge < -0.3 is 10.2 Å². The summed E-state index contributed by atoms with van der Waals surface area (Å²) in [6.07, 6.45) is 6.23. The van der Waals surface area contributed by atoms with Gasteiger partial charge in [-0.2, -0.15) is 0 Å². The molecule has 0 aliphatic heterocycles. The number of carbonyl (C=O) groups is 1. The van der Waals surface area contributed by atoms with E-state index in [-0.39, 0.29) is 5.91 Å². The van der Waals surface area contributed by atoms with E-state index in [2.05, 4.69) is 5.32 Å². The molecule has 1 amide bonds. The average Bonchev–Trinajstić information content (AvgIpc) is 2.41.